The van der Waals surface area contributed by atoms with Crippen LogP contribution < -0.4 is 15.3 Å². The molecule has 120 valence electrons. The van der Waals surface area contributed by atoms with Crippen molar-refractivity contribution in [3.05, 3.63) is 20.0 Å². The van der Waals surface area contributed by atoms with E-state index in [1.807, 2.05) is 0 Å². The van der Waals surface area contributed by atoms with Crippen molar-refractivity contribution in [3.63, 3.8) is 0 Å². The molecule has 2 heterocycles. The Balaban J connectivity index is 2.19. The van der Waals surface area contributed by atoms with Crippen LogP contribution in [0.15, 0.2) is 9.59 Å². The van der Waals surface area contributed by atoms with Crippen LogP contribution in [-0.4, -0.2) is 48.7 Å². The van der Waals surface area contributed by atoms with E-state index in [0.717, 1.165) is 0 Å². The van der Waals surface area contributed by atoms with Crippen LogP contribution in [0.2, 0.25) is 0 Å². The first-order chi connectivity index (χ1) is 10.5. The van der Waals surface area contributed by atoms with E-state index < -0.39 is 34.6 Å². The lowest BCUT2D eigenvalue weighted by Crippen LogP contribution is -2.33. The molecule has 0 spiro atoms. The lowest BCUT2D eigenvalue weighted by atomic mass is 10.1. The van der Waals surface area contributed by atoms with Crippen LogP contribution in [-0.2, 0) is 0 Å². The summed E-state index contributed by atoms with van der Waals surface area (Å²) in [6, 6.07) is -0.772. The summed E-state index contributed by atoms with van der Waals surface area (Å²) in [5.41, 5.74) is -0.447. The number of thiazole rings is 1. The van der Waals surface area contributed by atoms with E-state index in [0.29, 0.717) is 11.3 Å². The second kappa shape index (κ2) is 5.63. The number of nitrogens with zero attached hydrogens (tertiary/aromatic N) is 2. The molecule has 1 fully saturated rings. The number of aromatic nitrogens is 3. The molecule has 11 heteroatoms. The molecular weight excluding hydrogens is 336 g/mol. The number of aliphatic hydroxyl groups excluding tert-OH is 3. The third-order valence-electron chi connectivity index (χ3n) is 3.90. The maximum Gasteiger partial charge on any atom is 0.309 e. The van der Waals surface area contributed by atoms with Crippen molar-refractivity contribution >= 4 is 39.4 Å². The van der Waals surface area contributed by atoms with Gasteiger partial charge in [-0.15, -0.1) is 0 Å². The largest absolute Gasteiger partial charge is 0.396 e. The van der Waals surface area contributed by atoms with Crippen molar-refractivity contribution < 1.29 is 15.3 Å². The zero-order chi connectivity index (χ0) is 16.0. The molecule has 4 atom stereocenters. The van der Waals surface area contributed by atoms with Gasteiger partial charge >= 0.3 is 4.87 Å². The summed E-state index contributed by atoms with van der Waals surface area (Å²) in [4.78, 5) is 32.2. The molecule has 1 aliphatic carbocycles. The molecule has 1 aliphatic rings. The average molecular weight is 349 g/mol. The Kier molecular flexibility index (Phi) is 3.95. The minimum Gasteiger partial charge on any atom is -0.396 e. The highest BCUT2D eigenvalue weighted by Crippen LogP contribution is 2.36. The molecule has 0 radical (unpaired) electrons. The van der Waals surface area contributed by atoms with E-state index in [9.17, 15) is 24.9 Å². The van der Waals surface area contributed by atoms with E-state index >= 15 is 0 Å². The third-order valence-corrected chi connectivity index (χ3v) is 5.02. The van der Waals surface area contributed by atoms with Crippen molar-refractivity contribution in [1.82, 2.24) is 14.5 Å². The van der Waals surface area contributed by atoms with Gasteiger partial charge in [0.1, 0.15) is 10.8 Å². The monoisotopic (exact) mass is 348 g/mol. The molecule has 2 aromatic rings. The van der Waals surface area contributed by atoms with Crippen molar-refractivity contribution in [2.24, 2.45) is 5.92 Å². The van der Waals surface area contributed by atoms with Gasteiger partial charge in [0, 0.05) is 24.3 Å². The van der Waals surface area contributed by atoms with Crippen molar-refractivity contribution in [3.8, 4) is 0 Å². The number of H-pyrrole nitrogens is 1. The predicted molar refractivity (Wildman–Crippen MR) is 80.2 cm³/mol. The smallest absolute Gasteiger partial charge is 0.309 e. The number of rotatable bonds is 3. The van der Waals surface area contributed by atoms with Crippen LogP contribution >= 0.6 is 23.1 Å². The molecule has 9 nitrogen and oxygen atoms in total. The highest BCUT2D eigenvalue weighted by atomic mass is 35.5. The highest BCUT2D eigenvalue weighted by Gasteiger charge is 2.43. The summed E-state index contributed by atoms with van der Waals surface area (Å²) in [6.45, 7) is -0.311. The van der Waals surface area contributed by atoms with Gasteiger partial charge in [-0.05, 0) is 6.42 Å². The van der Waals surface area contributed by atoms with Gasteiger partial charge in [-0.3, -0.25) is 24.0 Å². The third kappa shape index (κ3) is 2.23. The van der Waals surface area contributed by atoms with E-state index in [1.54, 1.807) is 0 Å². The van der Waals surface area contributed by atoms with Gasteiger partial charge < -0.3 is 15.3 Å². The SMILES string of the molecule is O=c1[nH]c(NCl)nc2c1sc(=O)n2[C@@H]1C[C@H](CO)[C@@H](O)[C@H]1O. The molecule has 0 saturated heterocycles. The second-order valence-corrected chi connectivity index (χ2v) is 6.28. The molecular formula is C11H13ClN4O5S. The zero-order valence-corrected chi connectivity index (χ0v) is 12.6. The highest BCUT2D eigenvalue weighted by molar-refractivity contribution is 7.16. The molecule has 0 aromatic carbocycles. The Bertz CT molecular complexity index is 817. The van der Waals surface area contributed by atoms with E-state index in [4.69, 9.17) is 11.8 Å². The lowest BCUT2D eigenvalue weighted by Gasteiger charge is -2.17. The first kappa shape index (κ1) is 15.4. The number of fused-ring (bicyclic) bond motifs is 1. The second-order valence-electron chi connectivity index (χ2n) is 5.13. The van der Waals surface area contributed by atoms with Gasteiger partial charge in [0.2, 0.25) is 5.95 Å². The number of aliphatic hydroxyl groups is 3. The number of aromatic amines is 1. The molecule has 0 aliphatic heterocycles. The van der Waals surface area contributed by atoms with Crippen LogP contribution in [0.3, 0.4) is 0 Å². The minimum atomic E-state index is -1.24. The Hall–Kier alpha value is -1.46. The summed E-state index contributed by atoms with van der Waals surface area (Å²) in [5.74, 6) is -0.577. The van der Waals surface area contributed by atoms with Gasteiger partial charge in [0.05, 0.1) is 12.1 Å². The summed E-state index contributed by atoms with van der Waals surface area (Å²) in [7, 11) is 0. The normalized spacial score (nSPS) is 28.4. The predicted octanol–water partition coefficient (Wildman–Crippen LogP) is -1.01. The van der Waals surface area contributed by atoms with Gasteiger partial charge in [-0.1, -0.05) is 11.3 Å². The molecule has 5 N–H and O–H groups in total. The van der Waals surface area contributed by atoms with Crippen molar-refractivity contribution in [2.75, 3.05) is 11.4 Å². The molecule has 22 heavy (non-hydrogen) atoms. The van der Waals surface area contributed by atoms with Crippen molar-refractivity contribution in [2.45, 2.75) is 24.7 Å². The van der Waals surface area contributed by atoms with E-state index in [1.165, 1.54) is 4.57 Å². The van der Waals surface area contributed by atoms with Gasteiger partial charge in [0.15, 0.2) is 5.65 Å². The van der Waals surface area contributed by atoms with Gasteiger partial charge in [-0.25, -0.2) is 0 Å². The summed E-state index contributed by atoms with van der Waals surface area (Å²) in [6.07, 6.45) is -2.19. The fourth-order valence-electron chi connectivity index (χ4n) is 2.80. The molecule has 3 rings (SSSR count). The minimum absolute atomic E-state index is 0.0301. The molecule has 0 unspecified atom stereocenters. The van der Waals surface area contributed by atoms with Crippen LogP contribution in [0.4, 0.5) is 5.95 Å². The fraction of sp³-hybridized carbons (Fsp3) is 0.545. The summed E-state index contributed by atoms with van der Waals surface area (Å²) >= 11 is 6.13. The molecule has 2 aromatic heterocycles. The summed E-state index contributed by atoms with van der Waals surface area (Å²) in [5, 5.41) is 29.3. The van der Waals surface area contributed by atoms with Crippen LogP contribution in [0, 0.1) is 5.92 Å². The van der Waals surface area contributed by atoms with Gasteiger partial charge in [-0.2, -0.15) is 4.98 Å². The fourth-order valence-corrected chi connectivity index (χ4v) is 3.77. The summed E-state index contributed by atoms with van der Waals surface area (Å²) < 4.78 is 1.28. The Morgan fingerprint density at radius 1 is 1.41 bits per heavy atom. The first-order valence-electron chi connectivity index (χ1n) is 6.47. The van der Waals surface area contributed by atoms with Crippen LogP contribution in [0.25, 0.3) is 10.3 Å². The average Bonchev–Trinajstić information content (AvgIpc) is 2.97. The number of anilines is 1. The van der Waals surface area contributed by atoms with Gasteiger partial charge in [0.25, 0.3) is 5.56 Å². The number of halogens is 1. The molecule has 0 amide bonds. The molecule has 1 saturated carbocycles. The maximum absolute atomic E-state index is 12.2. The Morgan fingerprint density at radius 3 is 2.73 bits per heavy atom. The standard InChI is InChI=1S/C11H13ClN4O5S/c12-15-10-13-8-7(9(20)14-10)22-11(21)16(8)4-1-3(2-17)5(18)6(4)19/h3-6,17-19H,1-2H2,(H2,13,14,15,20)/t3-,4-,5-,6+/m1/s1. The van der Waals surface area contributed by atoms with E-state index in [2.05, 4.69) is 14.8 Å². The van der Waals surface area contributed by atoms with Crippen molar-refractivity contribution in [1.29, 1.82) is 0 Å². The maximum atomic E-state index is 12.2. The number of hydrogen-bond acceptors (Lipinski definition) is 8. The van der Waals surface area contributed by atoms with E-state index in [-0.39, 0.29) is 29.3 Å². The zero-order valence-electron chi connectivity index (χ0n) is 11.1. The lowest BCUT2D eigenvalue weighted by molar-refractivity contribution is -0.00386. The topological polar surface area (TPSA) is 140 Å². The Morgan fingerprint density at radius 2 is 2.14 bits per heavy atom. The number of hydrogen-bond donors (Lipinski definition) is 5. The quantitative estimate of drug-likeness (QED) is 0.447. The first-order valence-corrected chi connectivity index (χ1v) is 7.66. The van der Waals surface area contributed by atoms with Crippen LogP contribution in [0.5, 0.6) is 0 Å². The molecule has 0 bridgehead atoms. The Labute approximate surface area is 131 Å². The van der Waals surface area contributed by atoms with Crippen LogP contribution in [0.1, 0.15) is 12.5 Å². The number of nitrogens with one attached hydrogen (secondary N) is 2.